The molecule has 2 rings (SSSR count). The van der Waals surface area contributed by atoms with Crippen LogP contribution in [0.2, 0.25) is 5.02 Å². The fourth-order valence-corrected chi connectivity index (χ4v) is 2.80. The topological polar surface area (TPSA) is 117 Å². The second-order valence-corrected chi connectivity index (χ2v) is 7.88. The molecule has 0 aliphatic carbocycles. The molecule has 0 aliphatic heterocycles. The predicted octanol–water partition coefficient (Wildman–Crippen LogP) is 3.52. The maximum Gasteiger partial charge on any atom is 0.408 e. The van der Waals surface area contributed by atoms with E-state index in [0.29, 0.717) is 9.99 Å². The molecule has 1 heterocycles. The molecule has 0 spiro atoms. The molecule has 0 aliphatic rings. The molecule has 1 aromatic carbocycles. The van der Waals surface area contributed by atoms with Crippen molar-refractivity contribution in [2.45, 2.75) is 38.8 Å². The van der Waals surface area contributed by atoms with Gasteiger partial charge in [0.2, 0.25) is 0 Å². The van der Waals surface area contributed by atoms with Gasteiger partial charge in [-0.25, -0.2) is 9.78 Å². The Hall–Kier alpha value is -2.31. The first-order chi connectivity index (χ1) is 12.6. The Bertz CT molecular complexity index is 949. The lowest BCUT2D eigenvalue weighted by Crippen LogP contribution is -2.42. The first kappa shape index (κ1) is 21.0. The van der Waals surface area contributed by atoms with E-state index in [1.54, 1.807) is 26.8 Å². The number of hydrogen-bond donors (Lipinski definition) is 2. The zero-order valence-electron chi connectivity index (χ0n) is 14.9. The number of aromatic nitrogens is 2. The normalized spacial score (nSPS) is 12.3. The van der Waals surface area contributed by atoms with Crippen molar-refractivity contribution in [3.63, 3.8) is 0 Å². The van der Waals surface area contributed by atoms with Crippen LogP contribution in [0.3, 0.4) is 0 Å². The van der Waals surface area contributed by atoms with Gasteiger partial charge in [-0.05, 0) is 42.8 Å². The van der Waals surface area contributed by atoms with Gasteiger partial charge in [-0.1, -0.05) is 11.6 Å². The number of carbonyl (C=O) groups is 1. The van der Waals surface area contributed by atoms with Crippen molar-refractivity contribution < 1.29 is 14.3 Å². The minimum atomic E-state index is -0.676. The lowest BCUT2D eigenvalue weighted by atomic mass is 10.2. The molecule has 10 heteroatoms. The summed E-state index contributed by atoms with van der Waals surface area (Å²) in [5.41, 5.74) is -0.700. The molecule has 0 bridgehead atoms. The number of fused-ring (bicyclic) bond motifs is 1. The predicted molar refractivity (Wildman–Crippen MR) is 104 cm³/mol. The van der Waals surface area contributed by atoms with Gasteiger partial charge in [-0.3, -0.25) is 4.79 Å². The summed E-state index contributed by atoms with van der Waals surface area (Å²) in [6.45, 7) is 5.10. The van der Waals surface area contributed by atoms with Crippen LogP contribution in [0.1, 0.15) is 27.2 Å². The largest absolute Gasteiger partial charge is 0.489 e. The molecular weight excluding hydrogens is 440 g/mol. The number of amides is 1. The van der Waals surface area contributed by atoms with Crippen molar-refractivity contribution in [1.82, 2.24) is 15.3 Å². The zero-order valence-corrected chi connectivity index (χ0v) is 17.3. The van der Waals surface area contributed by atoms with Crippen molar-refractivity contribution in [2.24, 2.45) is 0 Å². The standard InChI is InChI=1S/C17H18BrClN4O4/c1-17(2,3)27-16(25)23-9(4-5-20)7-26-14-12-11(6-10(18)13(14)19)21-8-22-15(12)24/h6,8-9H,4,7H2,1-3H3,(H,23,25)(H,21,22,24). The van der Waals surface area contributed by atoms with E-state index < -0.39 is 23.3 Å². The Morgan fingerprint density at radius 2 is 2.22 bits per heavy atom. The fourth-order valence-electron chi connectivity index (χ4n) is 2.20. The van der Waals surface area contributed by atoms with Crippen LogP contribution >= 0.6 is 27.5 Å². The van der Waals surface area contributed by atoms with Crippen molar-refractivity contribution in [1.29, 1.82) is 5.26 Å². The molecule has 2 aromatic rings. The van der Waals surface area contributed by atoms with Crippen molar-refractivity contribution in [3.8, 4) is 11.8 Å². The van der Waals surface area contributed by atoms with Gasteiger partial charge in [-0.2, -0.15) is 5.26 Å². The molecule has 0 saturated carbocycles. The number of aromatic amines is 1. The van der Waals surface area contributed by atoms with Gasteiger partial charge in [0, 0.05) is 4.47 Å². The van der Waals surface area contributed by atoms with Gasteiger partial charge in [0.05, 0.1) is 35.4 Å². The average molecular weight is 458 g/mol. The highest BCUT2D eigenvalue weighted by Crippen LogP contribution is 2.37. The van der Waals surface area contributed by atoms with Gasteiger partial charge in [0.25, 0.3) is 5.56 Å². The van der Waals surface area contributed by atoms with E-state index in [2.05, 4.69) is 31.2 Å². The minimum absolute atomic E-state index is 0.0165. The van der Waals surface area contributed by atoms with E-state index in [-0.39, 0.29) is 29.2 Å². The summed E-state index contributed by atoms with van der Waals surface area (Å²) < 4.78 is 11.4. The molecule has 144 valence electrons. The number of nitrogens with zero attached hydrogens (tertiary/aromatic N) is 2. The van der Waals surface area contributed by atoms with E-state index in [4.69, 9.17) is 26.3 Å². The molecule has 1 unspecified atom stereocenters. The Morgan fingerprint density at radius 3 is 2.85 bits per heavy atom. The van der Waals surface area contributed by atoms with Crippen LogP contribution in [0.25, 0.3) is 10.9 Å². The molecule has 0 radical (unpaired) electrons. The van der Waals surface area contributed by atoms with Gasteiger partial charge in [0.1, 0.15) is 17.6 Å². The van der Waals surface area contributed by atoms with Crippen LogP contribution < -0.4 is 15.6 Å². The molecule has 0 fully saturated rings. The number of nitrogens with one attached hydrogen (secondary N) is 2. The third-order valence-corrected chi connectivity index (χ3v) is 4.50. The third kappa shape index (κ3) is 5.58. The Morgan fingerprint density at radius 1 is 1.52 bits per heavy atom. The van der Waals surface area contributed by atoms with E-state index in [0.717, 1.165) is 0 Å². The van der Waals surface area contributed by atoms with Crippen LogP contribution in [-0.2, 0) is 4.74 Å². The molecular formula is C17H18BrClN4O4. The molecule has 27 heavy (non-hydrogen) atoms. The zero-order chi connectivity index (χ0) is 20.2. The summed E-state index contributed by atoms with van der Waals surface area (Å²) in [4.78, 5) is 30.7. The number of ether oxygens (including phenoxy) is 2. The van der Waals surface area contributed by atoms with Crippen molar-refractivity contribution in [2.75, 3.05) is 6.61 Å². The lowest BCUT2D eigenvalue weighted by Gasteiger charge is -2.23. The summed E-state index contributed by atoms with van der Waals surface area (Å²) in [5, 5.41) is 11.9. The van der Waals surface area contributed by atoms with Crippen molar-refractivity contribution in [3.05, 3.63) is 32.2 Å². The smallest absolute Gasteiger partial charge is 0.408 e. The number of nitriles is 1. The van der Waals surface area contributed by atoms with Crippen LogP contribution in [0.5, 0.6) is 5.75 Å². The number of H-pyrrole nitrogens is 1. The number of alkyl carbamates (subject to hydrolysis) is 1. The SMILES string of the molecule is CC(C)(C)OC(=O)NC(CC#N)COc1c(Cl)c(Br)cc2nc[nH]c(=O)c12. The maximum absolute atomic E-state index is 12.2. The molecule has 1 aromatic heterocycles. The Labute approximate surface area is 169 Å². The van der Waals surface area contributed by atoms with Crippen LogP contribution in [-0.4, -0.2) is 34.3 Å². The van der Waals surface area contributed by atoms with Gasteiger partial charge >= 0.3 is 6.09 Å². The molecule has 2 N–H and O–H groups in total. The van der Waals surface area contributed by atoms with E-state index >= 15 is 0 Å². The quantitative estimate of drug-likeness (QED) is 0.709. The van der Waals surface area contributed by atoms with Crippen LogP contribution in [0.15, 0.2) is 21.7 Å². The number of halogens is 2. The van der Waals surface area contributed by atoms with Crippen LogP contribution in [0.4, 0.5) is 4.79 Å². The maximum atomic E-state index is 12.2. The lowest BCUT2D eigenvalue weighted by molar-refractivity contribution is 0.0489. The minimum Gasteiger partial charge on any atom is -0.489 e. The number of hydrogen-bond acceptors (Lipinski definition) is 6. The van der Waals surface area contributed by atoms with E-state index in [9.17, 15) is 9.59 Å². The molecule has 0 saturated heterocycles. The Kier molecular flexibility index (Phi) is 6.68. The summed E-state index contributed by atoms with van der Waals surface area (Å²) in [6.07, 6.45) is 0.588. The second kappa shape index (κ2) is 8.59. The second-order valence-electron chi connectivity index (χ2n) is 6.64. The average Bonchev–Trinajstić information content (AvgIpc) is 2.54. The van der Waals surface area contributed by atoms with E-state index in [1.807, 2.05) is 6.07 Å². The number of benzene rings is 1. The first-order valence-electron chi connectivity index (χ1n) is 7.97. The highest BCUT2D eigenvalue weighted by molar-refractivity contribution is 9.10. The summed E-state index contributed by atoms with van der Waals surface area (Å²) in [7, 11) is 0. The van der Waals surface area contributed by atoms with Gasteiger partial charge in [-0.15, -0.1) is 0 Å². The monoisotopic (exact) mass is 456 g/mol. The van der Waals surface area contributed by atoms with Crippen molar-refractivity contribution >= 4 is 44.5 Å². The van der Waals surface area contributed by atoms with Gasteiger partial charge in [0.15, 0.2) is 5.75 Å². The molecule has 1 amide bonds. The molecule has 1 atom stereocenters. The summed E-state index contributed by atoms with van der Waals surface area (Å²) in [6, 6.07) is 2.92. The Balaban J connectivity index is 2.25. The van der Waals surface area contributed by atoms with Gasteiger partial charge < -0.3 is 19.8 Å². The molecule has 8 nitrogen and oxygen atoms in total. The van der Waals surface area contributed by atoms with E-state index in [1.165, 1.54) is 6.33 Å². The highest BCUT2D eigenvalue weighted by atomic mass is 79.9. The number of carbonyl (C=O) groups excluding carboxylic acids is 1. The highest BCUT2D eigenvalue weighted by Gasteiger charge is 2.22. The summed E-state index contributed by atoms with van der Waals surface area (Å²) >= 11 is 9.56. The number of rotatable bonds is 5. The first-order valence-corrected chi connectivity index (χ1v) is 9.14. The third-order valence-electron chi connectivity index (χ3n) is 3.27. The summed E-state index contributed by atoms with van der Waals surface area (Å²) in [5.74, 6) is 0.115. The van der Waals surface area contributed by atoms with Crippen LogP contribution in [0, 0.1) is 11.3 Å². The fraction of sp³-hybridized carbons (Fsp3) is 0.412.